The van der Waals surface area contributed by atoms with E-state index in [9.17, 15) is 4.79 Å². The molecule has 0 aliphatic heterocycles. The predicted molar refractivity (Wildman–Crippen MR) is 75.0 cm³/mol. The Kier molecular flexibility index (Phi) is 7.07. The van der Waals surface area contributed by atoms with E-state index in [0.717, 1.165) is 12.0 Å². The van der Waals surface area contributed by atoms with Crippen LogP contribution in [0.25, 0.3) is 0 Å². The Morgan fingerprint density at radius 2 is 2.00 bits per heavy atom. The van der Waals surface area contributed by atoms with Crippen LogP contribution in [-0.2, 0) is 4.79 Å². The van der Waals surface area contributed by atoms with Gasteiger partial charge in [-0.2, -0.15) is 0 Å². The number of rotatable bonds is 7. The minimum atomic E-state index is -0.263. The maximum absolute atomic E-state index is 11.1. The Labute approximate surface area is 118 Å². The first-order chi connectivity index (χ1) is 8.65. The van der Waals surface area contributed by atoms with Crippen LogP contribution in [0, 0.1) is 0 Å². The molecule has 0 saturated carbocycles. The number of para-hydroxylation sites is 1. The number of unbranched alkanes of at least 4 members (excludes halogenated alkanes) is 3. The second-order valence-corrected chi connectivity index (χ2v) is 5.66. The molecule has 1 rings (SSSR count). The van der Waals surface area contributed by atoms with Gasteiger partial charge in [-0.25, -0.2) is 0 Å². The van der Waals surface area contributed by atoms with Crippen LogP contribution in [0.2, 0.25) is 0 Å². The summed E-state index contributed by atoms with van der Waals surface area (Å²) in [6.45, 7) is 3.65. The van der Waals surface area contributed by atoms with Crippen molar-refractivity contribution in [2.24, 2.45) is 0 Å². The number of benzene rings is 1. The first kappa shape index (κ1) is 15.3. The van der Waals surface area contributed by atoms with E-state index in [0.29, 0.717) is 10.6 Å². The molecule has 0 saturated heterocycles. The molecule has 1 atom stereocenters. The Morgan fingerprint density at radius 1 is 1.28 bits per heavy atom. The normalized spacial score (nSPS) is 12.2. The van der Waals surface area contributed by atoms with Crippen LogP contribution in [0.5, 0.6) is 5.75 Å². The molecule has 0 N–H and O–H groups in total. The third kappa shape index (κ3) is 5.24. The third-order valence-electron chi connectivity index (χ3n) is 2.84. The van der Waals surface area contributed by atoms with Crippen molar-refractivity contribution in [2.75, 3.05) is 0 Å². The van der Waals surface area contributed by atoms with Crippen LogP contribution < -0.4 is 4.74 Å². The van der Waals surface area contributed by atoms with Gasteiger partial charge < -0.3 is 0 Å². The second kappa shape index (κ2) is 8.34. The van der Waals surface area contributed by atoms with E-state index >= 15 is 0 Å². The van der Waals surface area contributed by atoms with Crippen LogP contribution in [-0.4, -0.2) is 22.0 Å². The molecular formula is C15H21O2Se. The van der Waals surface area contributed by atoms with Crippen LogP contribution >= 0.6 is 0 Å². The van der Waals surface area contributed by atoms with E-state index in [1.165, 1.54) is 32.6 Å². The summed E-state index contributed by atoms with van der Waals surface area (Å²) in [7, 11) is 0. The van der Waals surface area contributed by atoms with Gasteiger partial charge in [0.05, 0.1) is 0 Å². The van der Waals surface area contributed by atoms with Crippen molar-refractivity contribution in [1.82, 2.24) is 0 Å². The molecule has 0 heterocycles. The van der Waals surface area contributed by atoms with E-state index in [4.69, 9.17) is 4.74 Å². The Morgan fingerprint density at radius 3 is 2.67 bits per heavy atom. The van der Waals surface area contributed by atoms with Crippen molar-refractivity contribution in [3.05, 3.63) is 29.8 Å². The summed E-state index contributed by atoms with van der Waals surface area (Å²) >= 11 is 3.19. The topological polar surface area (TPSA) is 26.3 Å². The van der Waals surface area contributed by atoms with Gasteiger partial charge in [0.2, 0.25) is 0 Å². The molecular weight excluding hydrogens is 291 g/mol. The molecule has 0 bridgehead atoms. The van der Waals surface area contributed by atoms with Crippen LogP contribution in [0.3, 0.4) is 0 Å². The zero-order valence-electron chi connectivity index (χ0n) is 11.1. The molecule has 18 heavy (non-hydrogen) atoms. The van der Waals surface area contributed by atoms with E-state index < -0.39 is 0 Å². The fourth-order valence-electron chi connectivity index (χ4n) is 1.91. The van der Waals surface area contributed by atoms with Crippen molar-refractivity contribution in [2.45, 2.75) is 50.8 Å². The number of esters is 1. The van der Waals surface area contributed by atoms with E-state index in [1.54, 1.807) is 0 Å². The number of carbonyl (C=O) groups excluding carboxylic acids is 1. The third-order valence-corrected chi connectivity index (χ3v) is 3.87. The monoisotopic (exact) mass is 313 g/mol. The molecule has 3 heteroatoms. The van der Waals surface area contributed by atoms with Gasteiger partial charge in [0, 0.05) is 0 Å². The van der Waals surface area contributed by atoms with Crippen LogP contribution in [0.1, 0.15) is 56.3 Å². The Hall–Kier alpha value is -0.791. The SMILES string of the molecule is CCCCCCC([Se])c1ccccc1OC(C)=O. The molecule has 0 spiro atoms. The molecule has 1 aromatic carbocycles. The first-order valence-corrected chi connectivity index (χ1v) is 7.57. The summed E-state index contributed by atoms with van der Waals surface area (Å²) < 4.78 is 5.24. The van der Waals surface area contributed by atoms with Gasteiger partial charge in [-0.05, 0) is 0 Å². The summed E-state index contributed by atoms with van der Waals surface area (Å²) in [4.78, 5) is 11.4. The Balaban J connectivity index is 2.60. The zero-order valence-corrected chi connectivity index (χ0v) is 12.9. The summed E-state index contributed by atoms with van der Waals surface area (Å²) in [6.07, 6.45) is 6.11. The maximum atomic E-state index is 11.1. The average Bonchev–Trinajstić information content (AvgIpc) is 2.34. The average molecular weight is 312 g/mol. The van der Waals surface area contributed by atoms with E-state index in [-0.39, 0.29) is 5.97 Å². The van der Waals surface area contributed by atoms with Crippen molar-refractivity contribution in [3.8, 4) is 5.75 Å². The van der Waals surface area contributed by atoms with E-state index in [2.05, 4.69) is 22.9 Å². The van der Waals surface area contributed by atoms with Gasteiger partial charge in [-0.3, -0.25) is 0 Å². The van der Waals surface area contributed by atoms with Gasteiger partial charge in [0.25, 0.3) is 0 Å². The molecule has 2 nitrogen and oxygen atoms in total. The molecule has 0 amide bonds. The number of hydrogen-bond acceptors (Lipinski definition) is 2. The number of carbonyl (C=O) groups is 1. The molecule has 0 aliphatic rings. The van der Waals surface area contributed by atoms with Crippen LogP contribution in [0.4, 0.5) is 0 Å². The molecule has 0 fully saturated rings. The fraction of sp³-hybridized carbons (Fsp3) is 0.533. The molecule has 0 aromatic heterocycles. The van der Waals surface area contributed by atoms with Crippen molar-refractivity contribution in [1.29, 1.82) is 0 Å². The van der Waals surface area contributed by atoms with Gasteiger partial charge in [0.1, 0.15) is 0 Å². The molecule has 99 valence electrons. The summed E-state index contributed by atoms with van der Waals surface area (Å²) in [5.41, 5.74) is 1.09. The second-order valence-electron chi connectivity index (χ2n) is 4.47. The van der Waals surface area contributed by atoms with Gasteiger partial charge in [0.15, 0.2) is 0 Å². The molecule has 1 aromatic rings. The quantitative estimate of drug-likeness (QED) is 0.331. The van der Waals surface area contributed by atoms with Crippen molar-refractivity contribution < 1.29 is 9.53 Å². The van der Waals surface area contributed by atoms with E-state index in [1.807, 2.05) is 24.3 Å². The predicted octanol–water partition coefficient (Wildman–Crippen LogP) is 3.79. The minimum absolute atomic E-state index is 0.263. The van der Waals surface area contributed by atoms with Gasteiger partial charge in [-0.1, -0.05) is 0 Å². The number of ether oxygens (including phenoxy) is 1. The molecule has 1 radical (unpaired) electrons. The number of hydrogen-bond donors (Lipinski definition) is 0. The summed E-state index contributed by atoms with van der Waals surface area (Å²) in [5, 5.41) is 0. The van der Waals surface area contributed by atoms with Gasteiger partial charge >= 0.3 is 118 Å². The standard InChI is InChI=1S/C15H21O2Se/c1-3-4-5-6-11-15(18)13-9-7-8-10-14(13)17-12(2)16/h7-10,15H,3-6,11H2,1-2H3. The fourth-order valence-corrected chi connectivity index (χ4v) is 2.66. The van der Waals surface area contributed by atoms with Crippen molar-refractivity contribution in [3.63, 3.8) is 0 Å². The Bertz CT molecular complexity index is 377. The first-order valence-electron chi connectivity index (χ1n) is 6.58. The molecule has 1 unspecified atom stereocenters. The summed E-state index contributed by atoms with van der Waals surface area (Å²) in [5.74, 6) is 0.421. The summed E-state index contributed by atoms with van der Waals surface area (Å²) in [6, 6.07) is 7.76. The van der Waals surface area contributed by atoms with Crippen molar-refractivity contribution >= 4 is 22.0 Å². The van der Waals surface area contributed by atoms with Crippen LogP contribution in [0.15, 0.2) is 24.3 Å². The zero-order chi connectivity index (χ0) is 13.4. The molecule has 0 aliphatic carbocycles. The van der Waals surface area contributed by atoms with Gasteiger partial charge in [-0.15, -0.1) is 0 Å².